The highest BCUT2D eigenvalue weighted by molar-refractivity contribution is 6.32. The third kappa shape index (κ3) is 1.52. The van der Waals surface area contributed by atoms with Crippen molar-refractivity contribution >= 4 is 11.6 Å². The molecule has 3 rings (SSSR count). The van der Waals surface area contributed by atoms with Crippen molar-refractivity contribution in [2.24, 2.45) is 0 Å². The first-order chi connectivity index (χ1) is 7.70. The second-order valence-corrected chi connectivity index (χ2v) is 4.89. The zero-order valence-corrected chi connectivity index (χ0v) is 9.80. The third-order valence-corrected chi connectivity index (χ3v) is 3.65. The molecule has 1 fully saturated rings. The minimum atomic E-state index is -0.468. The van der Waals surface area contributed by atoms with E-state index in [4.69, 9.17) is 21.1 Å². The lowest BCUT2D eigenvalue weighted by Gasteiger charge is -2.39. The Labute approximate surface area is 101 Å². The van der Waals surface area contributed by atoms with Gasteiger partial charge in [-0.15, -0.1) is 0 Å². The smallest absolute Gasteiger partial charge is 0.211 e. The number of benzene rings is 1. The Bertz CT molecular complexity index is 410. The maximum absolute atomic E-state index is 6.16. The summed E-state index contributed by atoms with van der Waals surface area (Å²) in [7, 11) is 0. The summed E-state index contributed by atoms with van der Waals surface area (Å²) in [6, 6.07) is 5.71. The van der Waals surface area contributed by atoms with Crippen molar-refractivity contribution in [1.29, 1.82) is 0 Å². The molecule has 3 heteroatoms. The summed E-state index contributed by atoms with van der Waals surface area (Å²) in [5.41, 5.74) is 0.949. The molecule has 1 aromatic carbocycles. The van der Waals surface area contributed by atoms with Gasteiger partial charge in [-0.3, -0.25) is 0 Å². The van der Waals surface area contributed by atoms with E-state index in [0.29, 0.717) is 5.02 Å². The van der Waals surface area contributed by atoms with Crippen molar-refractivity contribution in [2.45, 2.75) is 37.6 Å². The molecule has 0 amide bonds. The largest absolute Gasteiger partial charge is 0.460 e. The zero-order valence-electron chi connectivity index (χ0n) is 9.04. The van der Waals surface area contributed by atoms with Crippen LogP contribution in [0.2, 0.25) is 5.02 Å². The van der Waals surface area contributed by atoms with Gasteiger partial charge in [-0.2, -0.15) is 0 Å². The number of halogens is 1. The van der Waals surface area contributed by atoms with Gasteiger partial charge in [-0.1, -0.05) is 23.7 Å². The van der Waals surface area contributed by atoms with E-state index in [2.05, 4.69) is 6.92 Å². The molecule has 1 radical (unpaired) electrons. The number of rotatable bonds is 0. The van der Waals surface area contributed by atoms with Crippen LogP contribution in [0, 0.1) is 6.92 Å². The van der Waals surface area contributed by atoms with Crippen molar-refractivity contribution in [3.63, 3.8) is 0 Å². The van der Waals surface area contributed by atoms with Crippen molar-refractivity contribution in [2.75, 3.05) is 0 Å². The van der Waals surface area contributed by atoms with Crippen LogP contribution < -0.4 is 4.74 Å². The summed E-state index contributed by atoms with van der Waals surface area (Å²) in [5, 5.41) is 0.653. The second kappa shape index (κ2) is 3.64. The molecule has 0 unspecified atom stereocenters. The molecule has 1 saturated carbocycles. The summed E-state index contributed by atoms with van der Waals surface area (Å²) < 4.78 is 11.9. The first-order valence-electron chi connectivity index (χ1n) is 5.69. The molecule has 0 bridgehead atoms. The minimum Gasteiger partial charge on any atom is -0.460 e. The van der Waals surface area contributed by atoms with E-state index in [1.807, 2.05) is 18.2 Å². The summed E-state index contributed by atoms with van der Waals surface area (Å²) in [5.74, 6) is 0.294. The third-order valence-electron chi connectivity index (χ3n) is 3.35. The molecule has 85 valence electrons. The van der Waals surface area contributed by atoms with Crippen LogP contribution in [0.4, 0.5) is 0 Å². The van der Waals surface area contributed by atoms with Gasteiger partial charge in [0.05, 0.1) is 11.1 Å². The lowest BCUT2D eigenvalue weighted by molar-refractivity contribution is -0.214. The molecular formula is C13H14ClO2. The van der Waals surface area contributed by atoms with Gasteiger partial charge in [0.15, 0.2) is 0 Å². The average Bonchev–Trinajstić information content (AvgIpc) is 2.68. The van der Waals surface area contributed by atoms with Crippen LogP contribution >= 0.6 is 11.6 Å². The van der Waals surface area contributed by atoms with Gasteiger partial charge >= 0.3 is 0 Å². The van der Waals surface area contributed by atoms with Gasteiger partial charge < -0.3 is 9.47 Å². The Morgan fingerprint density at radius 3 is 2.81 bits per heavy atom. The van der Waals surface area contributed by atoms with Gasteiger partial charge in [0.2, 0.25) is 5.79 Å². The molecule has 16 heavy (non-hydrogen) atoms. The van der Waals surface area contributed by atoms with Crippen LogP contribution in [0.25, 0.3) is 0 Å². The topological polar surface area (TPSA) is 18.5 Å². The monoisotopic (exact) mass is 237 g/mol. The normalized spacial score (nSPS) is 26.5. The molecule has 1 heterocycles. The Hall–Kier alpha value is -0.730. The standard InChI is InChI=1S/C13H14ClO2/c1-9-10-5-4-6-11(14)12(10)16-13(15-9)7-2-3-8-13/h4-6,9H,1-3,7-8H2/t9-/m1/s1. The fourth-order valence-corrected chi connectivity index (χ4v) is 2.77. The highest BCUT2D eigenvalue weighted by Gasteiger charge is 2.43. The van der Waals surface area contributed by atoms with Crippen molar-refractivity contribution in [3.05, 3.63) is 35.7 Å². The quantitative estimate of drug-likeness (QED) is 0.682. The van der Waals surface area contributed by atoms with E-state index in [1.54, 1.807) is 0 Å². The Kier molecular flexibility index (Phi) is 2.37. The average molecular weight is 238 g/mol. The number of hydrogen-bond acceptors (Lipinski definition) is 2. The van der Waals surface area contributed by atoms with E-state index in [-0.39, 0.29) is 6.10 Å². The van der Waals surface area contributed by atoms with Crippen molar-refractivity contribution in [1.82, 2.24) is 0 Å². The van der Waals surface area contributed by atoms with E-state index < -0.39 is 5.79 Å². The van der Waals surface area contributed by atoms with Crippen molar-refractivity contribution < 1.29 is 9.47 Å². The maximum Gasteiger partial charge on any atom is 0.211 e. The number of para-hydroxylation sites is 1. The zero-order chi connectivity index (χ0) is 11.2. The number of ether oxygens (including phenoxy) is 2. The molecule has 0 aromatic heterocycles. The van der Waals surface area contributed by atoms with Crippen LogP contribution in [0.15, 0.2) is 18.2 Å². The molecule has 2 nitrogen and oxygen atoms in total. The van der Waals surface area contributed by atoms with Crippen LogP contribution in [0.3, 0.4) is 0 Å². The Morgan fingerprint density at radius 2 is 2.06 bits per heavy atom. The van der Waals surface area contributed by atoms with Crippen molar-refractivity contribution in [3.8, 4) is 5.75 Å². The summed E-state index contributed by atoms with van der Waals surface area (Å²) in [6.07, 6.45) is 3.98. The van der Waals surface area contributed by atoms with Gasteiger partial charge in [0.1, 0.15) is 5.75 Å². The molecule has 1 spiro atoms. The fraction of sp³-hybridized carbons (Fsp3) is 0.462. The van der Waals surface area contributed by atoms with E-state index in [1.165, 1.54) is 0 Å². The predicted molar refractivity (Wildman–Crippen MR) is 62.5 cm³/mol. The van der Waals surface area contributed by atoms with Gasteiger partial charge in [0.25, 0.3) is 0 Å². The fourth-order valence-electron chi connectivity index (χ4n) is 2.55. The van der Waals surface area contributed by atoms with Crippen LogP contribution in [0.1, 0.15) is 37.4 Å². The van der Waals surface area contributed by atoms with E-state index >= 15 is 0 Å². The molecule has 1 aliphatic carbocycles. The van der Waals surface area contributed by atoms with Gasteiger partial charge in [-0.25, -0.2) is 0 Å². The van der Waals surface area contributed by atoms with Gasteiger partial charge in [0, 0.05) is 18.4 Å². The molecule has 0 saturated heterocycles. The number of fused-ring (bicyclic) bond motifs is 1. The maximum atomic E-state index is 6.16. The second-order valence-electron chi connectivity index (χ2n) is 4.48. The summed E-state index contributed by atoms with van der Waals surface area (Å²) >= 11 is 6.16. The predicted octanol–water partition coefficient (Wildman–Crippen LogP) is 3.89. The minimum absolute atomic E-state index is 0.180. The van der Waals surface area contributed by atoms with Crippen LogP contribution in [0.5, 0.6) is 5.75 Å². The molecule has 1 aliphatic heterocycles. The molecular weight excluding hydrogens is 224 g/mol. The van der Waals surface area contributed by atoms with Crippen LogP contribution in [-0.4, -0.2) is 5.79 Å². The lowest BCUT2D eigenvalue weighted by Crippen LogP contribution is -2.40. The molecule has 1 aromatic rings. The SMILES string of the molecule is [CH2][C@H]1OC2(CCCC2)Oc2c(Cl)cccc21. The summed E-state index contributed by atoms with van der Waals surface area (Å²) in [6.45, 7) is 4.04. The van der Waals surface area contributed by atoms with E-state index in [0.717, 1.165) is 37.0 Å². The highest BCUT2D eigenvalue weighted by atomic mass is 35.5. The van der Waals surface area contributed by atoms with Crippen LogP contribution in [-0.2, 0) is 4.74 Å². The lowest BCUT2D eigenvalue weighted by atomic mass is 10.1. The molecule has 0 N–H and O–H groups in total. The molecule has 2 aliphatic rings. The Morgan fingerprint density at radius 1 is 1.31 bits per heavy atom. The molecule has 1 atom stereocenters. The highest BCUT2D eigenvalue weighted by Crippen LogP contribution is 2.47. The first kappa shape index (κ1) is 10.4. The van der Waals surface area contributed by atoms with E-state index in [9.17, 15) is 0 Å². The van der Waals surface area contributed by atoms with Gasteiger partial charge in [-0.05, 0) is 25.8 Å². The summed E-state index contributed by atoms with van der Waals surface area (Å²) in [4.78, 5) is 0. The number of hydrogen-bond donors (Lipinski definition) is 0. The Balaban J connectivity index is 2.04. The first-order valence-corrected chi connectivity index (χ1v) is 6.06.